The number of hydrogen-bond donors (Lipinski definition) is 0. The Balaban J connectivity index is 4.27. The normalized spacial score (nSPS) is 13.0. The van der Waals surface area contributed by atoms with E-state index in [2.05, 4.69) is 154 Å². The van der Waals surface area contributed by atoms with Gasteiger partial charge in [0.1, 0.15) is 13.2 Å². The van der Waals surface area contributed by atoms with Crippen molar-refractivity contribution in [1.29, 1.82) is 0 Å². The number of carbonyl (C=O) groups excluding carboxylic acids is 3. The molecule has 6 heteroatoms. The third-order valence-electron chi connectivity index (χ3n) is 14.1. The van der Waals surface area contributed by atoms with Crippen LogP contribution in [0, 0.1) is 0 Å². The summed E-state index contributed by atoms with van der Waals surface area (Å²) in [6, 6.07) is 0. The summed E-state index contributed by atoms with van der Waals surface area (Å²) in [5.41, 5.74) is 0. The SMILES string of the molecule is CC/C=C\C/C=C\C/C=C\C/C=C\C/C=C\C/C=C\C/C=C\C/C=C\CCCCCCCCC(=O)OCC(COC(=O)CCCCCCCCCCC)OC(=O)CCCCCCCCCC/C=C\C/C=C\C/C=C\CCCCCCC. The zero-order valence-electron chi connectivity index (χ0n) is 52.8. The van der Waals surface area contributed by atoms with Gasteiger partial charge in [-0.2, -0.15) is 0 Å². The highest BCUT2D eigenvalue weighted by atomic mass is 16.6. The molecule has 0 amide bonds. The molecule has 0 radical (unpaired) electrons. The summed E-state index contributed by atoms with van der Waals surface area (Å²) >= 11 is 0. The summed E-state index contributed by atoms with van der Waals surface area (Å²) in [6.07, 6.45) is 96.1. The summed E-state index contributed by atoms with van der Waals surface area (Å²) < 4.78 is 16.9. The third-order valence-corrected chi connectivity index (χ3v) is 14.1. The predicted molar refractivity (Wildman–Crippen MR) is 353 cm³/mol. The fraction of sp³-hybridized carbons (Fsp3) is 0.667. The summed E-state index contributed by atoms with van der Waals surface area (Å²) in [5.74, 6) is -0.908. The van der Waals surface area contributed by atoms with Crippen LogP contribution in [0.3, 0.4) is 0 Å². The fourth-order valence-corrected chi connectivity index (χ4v) is 9.11. The van der Waals surface area contributed by atoms with Crippen molar-refractivity contribution in [3.05, 3.63) is 134 Å². The van der Waals surface area contributed by atoms with Gasteiger partial charge in [-0.15, -0.1) is 0 Å². The Hall–Kier alpha value is -4.45. The smallest absolute Gasteiger partial charge is 0.306 e. The number of esters is 3. The van der Waals surface area contributed by atoms with Crippen LogP contribution in [0.5, 0.6) is 0 Å². The summed E-state index contributed by atoms with van der Waals surface area (Å²) in [5, 5.41) is 0. The van der Waals surface area contributed by atoms with Gasteiger partial charge in [0.2, 0.25) is 0 Å². The van der Waals surface area contributed by atoms with Gasteiger partial charge in [-0.3, -0.25) is 14.4 Å². The van der Waals surface area contributed by atoms with E-state index in [4.69, 9.17) is 14.2 Å². The lowest BCUT2D eigenvalue weighted by Crippen LogP contribution is -2.30. The molecule has 460 valence electrons. The minimum Gasteiger partial charge on any atom is -0.462 e. The van der Waals surface area contributed by atoms with Crippen molar-refractivity contribution in [1.82, 2.24) is 0 Å². The topological polar surface area (TPSA) is 78.9 Å². The van der Waals surface area contributed by atoms with Gasteiger partial charge in [0.15, 0.2) is 6.10 Å². The van der Waals surface area contributed by atoms with Crippen LogP contribution < -0.4 is 0 Å². The Bertz CT molecular complexity index is 1720. The quantitative estimate of drug-likeness (QED) is 0.0261. The second kappa shape index (κ2) is 68.1. The number of carbonyl (C=O) groups is 3. The highest BCUT2D eigenvalue weighted by Gasteiger charge is 2.19. The maximum absolute atomic E-state index is 12.9. The minimum absolute atomic E-state index is 0.0870. The first kappa shape index (κ1) is 76.5. The van der Waals surface area contributed by atoms with Crippen LogP contribution in [0.15, 0.2) is 134 Å². The Morgan fingerprint density at radius 2 is 0.481 bits per heavy atom. The first-order valence-electron chi connectivity index (χ1n) is 33.7. The standard InChI is InChI=1S/C75H124O6/c1-4-7-10-13-16-19-21-23-25-27-29-31-33-34-35-36-37-38-39-40-42-43-45-47-49-51-53-56-59-62-65-68-74(77)80-71-72(70-79-73(76)67-64-61-58-55-18-15-12-9-6-3)81-75(78)69-66-63-60-57-54-52-50-48-46-44-41-32-30-28-26-24-22-20-17-14-11-8-5-2/h7,10,16,19,22-25,28-31,34-35,37-38,40-42,44-45,47,72H,4-6,8-9,11-15,17-18,20-21,26-27,32-33,36,39,43,46,48-71H2,1-3H3/b10-7-,19-16-,24-22-,25-23-,30-28-,31-29-,35-34-,38-37-,42-40-,44-41-,47-45-. The second-order valence-corrected chi connectivity index (χ2v) is 22.0. The maximum Gasteiger partial charge on any atom is 0.306 e. The summed E-state index contributed by atoms with van der Waals surface area (Å²) in [4.78, 5) is 38.2. The van der Waals surface area contributed by atoms with E-state index in [0.29, 0.717) is 19.3 Å². The molecule has 0 aromatic heterocycles. The van der Waals surface area contributed by atoms with Crippen molar-refractivity contribution >= 4 is 17.9 Å². The van der Waals surface area contributed by atoms with E-state index in [1.807, 2.05) is 0 Å². The van der Waals surface area contributed by atoms with Crippen molar-refractivity contribution in [2.45, 2.75) is 309 Å². The molecule has 81 heavy (non-hydrogen) atoms. The lowest BCUT2D eigenvalue weighted by molar-refractivity contribution is -0.167. The Morgan fingerprint density at radius 1 is 0.259 bits per heavy atom. The minimum atomic E-state index is -0.791. The molecule has 0 aliphatic rings. The van der Waals surface area contributed by atoms with Gasteiger partial charge in [0.05, 0.1) is 0 Å². The van der Waals surface area contributed by atoms with E-state index in [9.17, 15) is 14.4 Å². The molecule has 0 aromatic rings. The third kappa shape index (κ3) is 66.2. The lowest BCUT2D eigenvalue weighted by Gasteiger charge is -2.18. The van der Waals surface area contributed by atoms with Crippen molar-refractivity contribution in [3.8, 4) is 0 Å². The van der Waals surface area contributed by atoms with Crippen LogP contribution in [0.1, 0.15) is 303 Å². The maximum atomic E-state index is 12.9. The number of unbranched alkanes of at least 4 members (excludes halogenated alkanes) is 27. The molecule has 0 rings (SSSR count). The summed E-state index contributed by atoms with van der Waals surface area (Å²) in [7, 11) is 0. The first-order valence-corrected chi connectivity index (χ1v) is 33.7. The monoisotopic (exact) mass is 1120 g/mol. The van der Waals surface area contributed by atoms with Gasteiger partial charge in [-0.05, 0) is 122 Å². The molecule has 0 N–H and O–H groups in total. The number of ether oxygens (including phenoxy) is 3. The van der Waals surface area contributed by atoms with Crippen molar-refractivity contribution in [2.24, 2.45) is 0 Å². The molecule has 0 heterocycles. The number of allylic oxidation sites excluding steroid dienone is 22. The van der Waals surface area contributed by atoms with Crippen LogP contribution in [0.2, 0.25) is 0 Å². The zero-order chi connectivity index (χ0) is 58.5. The summed E-state index contributed by atoms with van der Waals surface area (Å²) in [6.45, 7) is 6.49. The second-order valence-electron chi connectivity index (χ2n) is 22.0. The Kier molecular flexibility index (Phi) is 64.3. The van der Waals surface area contributed by atoms with Gasteiger partial charge < -0.3 is 14.2 Å². The molecule has 0 aromatic carbocycles. The highest BCUT2D eigenvalue weighted by Crippen LogP contribution is 2.15. The zero-order valence-corrected chi connectivity index (χ0v) is 52.8. The van der Waals surface area contributed by atoms with Crippen LogP contribution in [0.25, 0.3) is 0 Å². The fourth-order valence-electron chi connectivity index (χ4n) is 9.11. The molecule has 0 aliphatic carbocycles. The Morgan fingerprint density at radius 3 is 0.753 bits per heavy atom. The van der Waals surface area contributed by atoms with E-state index in [1.54, 1.807) is 0 Å². The van der Waals surface area contributed by atoms with E-state index in [0.717, 1.165) is 141 Å². The van der Waals surface area contributed by atoms with Crippen LogP contribution in [-0.4, -0.2) is 37.2 Å². The van der Waals surface area contributed by atoms with Gasteiger partial charge in [0, 0.05) is 19.3 Å². The average Bonchev–Trinajstić information content (AvgIpc) is 3.47. The molecule has 0 fully saturated rings. The van der Waals surface area contributed by atoms with E-state index < -0.39 is 6.10 Å². The van der Waals surface area contributed by atoms with Crippen molar-refractivity contribution < 1.29 is 28.6 Å². The molecule has 0 saturated heterocycles. The Labute approximate surface area is 500 Å². The van der Waals surface area contributed by atoms with E-state index in [-0.39, 0.29) is 31.1 Å². The van der Waals surface area contributed by atoms with Gasteiger partial charge in [0.25, 0.3) is 0 Å². The van der Waals surface area contributed by atoms with Gasteiger partial charge >= 0.3 is 17.9 Å². The average molecular weight is 1120 g/mol. The van der Waals surface area contributed by atoms with Crippen LogP contribution >= 0.6 is 0 Å². The highest BCUT2D eigenvalue weighted by molar-refractivity contribution is 5.71. The first-order chi connectivity index (χ1) is 40.0. The lowest BCUT2D eigenvalue weighted by atomic mass is 10.1. The van der Waals surface area contributed by atoms with Crippen molar-refractivity contribution in [3.63, 3.8) is 0 Å². The van der Waals surface area contributed by atoms with E-state index in [1.165, 1.54) is 122 Å². The number of rotatable bonds is 60. The molecular formula is C75H124O6. The van der Waals surface area contributed by atoms with Crippen molar-refractivity contribution in [2.75, 3.05) is 13.2 Å². The van der Waals surface area contributed by atoms with Crippen LogP contribution in [0.4, 0.5) is 0 Å². The van der Waals surface area contributed by atoms with Gasteiger partial charge in [-0.25, -0.2) is 0 Å². The molecule has 0 saturated carbocycles. The van der Waals surface area contributed by atoms with E-state index >= 15 is 0 Å². The van der Waals surface area contributed by atoms with Crippen LogP contribution in [-0.2, 0) is 28.6 Å². The molecule has 1 unspecified atom stereocenters. The molecule has 0 bridgehead atoms. The molecule has 0 aliphatic heterocycles. The molecule has 1 atom stereocenters. The molecule has 0 spiro atoms. The largest absolute Gasteiger partial charge is 0.462 e. The predicted octanol–water partition coefficient (Wildman–Crippen LogP) is 23.3. The molecule has 6 nitrogen and oxygen atoms in total. The van der Waals surface area contributed by atoms with Gasteiger partial charge in [-0.1, -0.05) is 296 Å². The molecular weight excluding hydrogens is 997 g/mol. The number of hydrogen-bond acceptors (Lipinski definition) is 6.